The molecule has 2 nitrogen and oxygen atoms in total. The molecule has 0 fully saturated rings. The molecule has 0 aliphatic rings. The molecule has 0 N–H and O–H groups in total. The number of hydrogen-bond acceptors (Lipinski definition) is 2. The standard InChI is InChI=1S/C10H4Cl2F3NO/c11-5-1-2-7(17-10(13,14)15)9-8(5)6(12)3-4-16-9/h1-4H. The highest BCUT2D eigenvalue weighted by Crippen LogP contribution is 2.36. The molecule has 0 amide bonds. The third kappa shape index (κ3) is 2.56. The summed E-state index contributed by atoms with van der Waals surface area (Å²) in [4.78, 5) is 3.79. The van der Waals surface area contributed by atoms with E-state index in [1.807, 2.05) is 0 Å². The van der Waals surface area contributed by atoms with E-state index in [2.05, 4.69) is 9.72 Å². The van der Waals surface area contributed by atoms with Crippen LogP contribution < -0.4 is 4.74 Å². The van der Waals surface area contributed by atoms with Crippen LogP contribution in [0, 0.1) is 0 Å². The molecule has 0 aliphatic heterocycles. The number of hydrogen-bond donors (Lipinski definition) is 0. The SMILES string of the molecule is FC(F)(F)Oc1ccc(Cl)c2c(Cl)ccnc12. The number of alkyl halides is 3. The van der Waals surface area contributed by atoms with Gasteiger partial charge in [0.25, 0.3) is 0 Å². The summed E-state index contributed by atoms with van der Waals surface area (Å²) >= 11 is 11.7. The Balaban J connectivity index is 2.67. The van der Waals surface area contributed by atoms with Gasteiger partial charge in [0.1, 0.15) is 5.52 Å². The molecule has 0 spiro atoms. The van der Waals surface area contributed by atoms with Gasteiger partial charge in [-0.15, -0.1) is 13.2 Å². The summed E-state index contributed by atoms with van der Waals surface area (Å²) in [6.45, 7) is 0. The van der Waals surface area contributed by atoms with Crippen molar-refractivity contribution in [1.82, 2.24) is 4.98 Å². The molecule has 0 saturated carbocycles. The smallest absolute Gasteiger partial charge is 0.403 e. The number of aromatic nitrogens is 1. The van der Waals surface area contributed by atoms with Crippen LogP contribution in [0.2, 0.25) is 10.0 Å². The zero-order valence-corrected chi connectivity index (χ0v) is 9.57. The van der Waals surface area contributed by atoms with Crippen LogP contribution in [0.25, 0.3) is 10.9 Å². The lowest BCUT2D eigenvalue weighted by Crippen LogP contribution is -2.17. The Morgan fingerprint density at radius 3 is 2.35 bits per heavy atom. The Morgan fingerprint density at radius 2 is 1.71 bits per heavy atom. The summed E-state index contributed by atoms with van der Waals surface area (Å²) in [5, 5.41) is 0.665. The first kappa shape index (κ1) is 12.3. The second kappa shape index (κ2) is 4.23. The number of nitrogens with zero attached hydrogens (tertiary/aromatic N) is 1. The lowest BCUT2D eigenvalue weighted by Gasteiger charge is -2.11. The van der Waals surface area contributed by atoms with E-state index in [-0.39, 0.29) is 20.9 Å². The van der Waals surface area contributed by atoms with E-state index in [0.717, 1.165) is 6.07 Å². The van der Waals surface area contributed by atoms with Gasteiger partial charge in [-0.2, -0.15) is 0 Å². The van der Waals surface area contributed by atoms with Crippen LogP contribution >= 0.6 is 23.2 Å². The number of fused-ring (bicyclic) bond motifs is 1. The molecule has 1 heterocycles. The van der Waals surface area contributed by atoms with E-state index < -0.39 is 12.1 Å². The van der Waals surface area contributed by atoms with Gasteiger partial charge in [0, 0.05) is 11.6 Å². The van der Waals surface area contributed by atoms with Crippen LogP contribution in [0.15, 0.2) is 24.4 Å². The minimum atomic E-state index is -4.79. The van der Waals surface area contributed by atoms with Gasteiger partial charge in [-0.05, 0) is 18.2 Å². The third-order valence-corrected chi connectivity index (χ3v) is 2.61. The average molecular weight is 282 g/mol. The van der Waals surface area contributed by atoms with Crippen molar-refractivity contribution in [3.05, 3.63) is 34.4 Å². The Kier molecular flexibility index (Phi) is 3.05. The lowest BCUT2D eigenvalue weighted by atomic mass is 10.2. The van der Waals surface area contributed by atoms with Gasteiger partial charge < -0.3 is 4.74 Å². The maximum absolute atomic E-state index is 12.2. The Morgan fingerprint density at radius 1 is 1.06 bits per heavy atom. The number of pyridine rings is 1. The zero-order valence-electron chi connectivity index (χ0n) is 8.05. The van der Waals surface area contributed by atoms with Gasteiger partial charge in [0.2, 0.25) is 0 Å². The molecule has 1 aromatic heterocycles. The van der Waals surface area contributed by atoms with Gasteiger partial charge in [-0.1, -0.05) is 23.2 Å². The molecule has 0 saturated heterocycles. The van der Waals surface area contributed by atoms with E-state index in [1.165, 1.54) is 18.3 Å². The molecule has 2 rings (SSSR count). The van der Waals surface area contributed by atoms with E-state index in [0.29, 0.717) is 0 Å². The highest BCUT2D eigenvalue weighted by atomic mass is 35.5. The van der Waals surface area contributed by atoms with Gasteiger partial charge in [0.15, 0.2) is 5.75 Å². The molecule has 0 bridgehead atoms. The predicted molar refractivity (Wildman–Crippen MR) is 58.4 cm³/mol. The third-order valence-electron chi connectivity index (χ3n) is 1.98. The summed E-state index contributed by atoms with van der Waals surface area (Å²) in [5.74, 6) is -0.431. The quantitative estimate of drug-likeness (QED) is 0.771. The largest absolute Gasteiger partial charge is 0.573 e. The zero-order chi connectivity index (χ0) is 12.6. The average Bonchev–Trinajstić information content (AvgIpc) is 2.20. The van der Waals surface area contributed by atoms with Crippen LogP contribution in [0.1, 0.15) is 0 Å². The second-order valence-electron chi connectivity index (χ2n) is 3.11. The minimum absolute atomic E-state index is 0.0256. The highest BCUT2D eigenvalue weighted by Gasteiger charge is 2.32. The molecular weight excluding hydrogens is 278 g/mol. The predicted octanol–water partition coefficient (Wildman–Crippen LogP) is 4.44. The van der Waals surface area contributed by atoms with E-state index in [4.69, 9.17) is 23.2 Å². The van der Waals surface area contributed by atoms with Crippen molar-refractivity contribution in [2.24, 2.45) is 0 Å². The van der Waals surface area contributed by atoms with Gasteiger partial charge in [-0.25, -0.2) is 0 Å². The number of benzene rings is 1. The highest BCUT2D eigenvalue weighted by molar-refractivity contribution is 6.42. The maximum Gasteiger partial charge on any atom is 0.573 e. The van der Waals surface area contributed by atoms with Crippen molar-refractivity contribution in [2.75, 3.05) is 0 Å². The van der Waals surface area contributed by atoms with Crippen LogP contribution in [0.3, 0.4) is 0 Å². The molecular formula is C10H4Cl2F3NO. The van der Waals surface area contributed by atoms with Crippen LogP contribution in [-0.2, 0) is 0 Å². The van der Waals surface area contributed by atoms with Crippen LogP contribution in [0.4, 0.5) is 13.2 Å². The van der Waals surface area contributed by atoms with E-state index in [1.54, 1.807) is 0 Å². The van der Waals surface area contributed by atoms with Gasteiger partial charge in [0.05, 0.1) is 10.0 Å². The summed E-state index contributed by atoms with van der Waals surface area (Å²) in [7, 11) is 0. The monoisotopic (exact) mass is 281 g/mol. The first-order valence-electron chi connectivity index (χ1n) is 4.37. The number of halogens is 5. The van der Waals surface area contributed by atoms with Crippen molar-refractivity contribution in [1.29, 1.82) is 0 Å². The maximum atomic E-state index is 12.2. The second-order valence-corrected chi connectivity index (χ2v) is 3.92. The van der Waals surface area contributed by atoms with Crippen LogP contribution in [0.5, 0.6) is 5.75 Å². The minimum Gasteiger partial charge on any atom is -0.403 e. The van der Waals surface area contributed by atoms with Crippen molar-refractivity contribution >= 4 is 34.1 Å². The summed E-state index contributed by atoms with van der Waals surface area (Å²) < 4.78 is 40.3. The Labute approximate surface area is 104 Å². The molecule has 7 heteroatoms. The molecule has 1 aromatic carbocycles. The first-order valence-corrected chi connectivity index (χ1v) is 5.12. The molecule has 0 unspecified atom stereocenters. The normalized spacial score (nSPS) is 11.8. The fraction of sp³-hybridized carbons (Fsp3) is 0.100. The van der Waals surface area contributed by atoms with Gasteiger partial charge >= 0.3 is 6.36 Å². The molecule has 0 aliphatic carbocycles. The van der Waals surface area contributed by atoms with Crippen molar-refractivity contribution in [3.8, 4) is 5.75 Å². The van der Waals surface area contributed by atoms with Crippen LogP contribution in [-0.4, -0.2) is 11.3 Å². The number of ether oxygens (including phenoxy) is 1. The Bertz CT molecular complexity index is 563. The van der Waals surface area contributed by atoms with E-state index >= 15 is 0 Å². The molecule has 0 radical (unpaired) electrons. The summed E-state index contributed by atoms with van der Waals surface area (Å²) in [6.07, 6.45) is -3.50. The summed E-state index contributed by atoms with van der Waals surface area (Å²) in [5.41, 5.74) is -0.0256. The first-order chi connectivity index (χ1) is 7.88. The Hall–Kier alpha value is -1.20. The molecule has 17 heavy (non-hydrogen) atoms. The van der Waals surface area contributed by atoms with Crippen molar-refractivity contribution in [2.45, 2.75) is 6.36 Å². The molecule has 2 aromatic rings. The number of rotatable bonds is 1. The topological polar surface area (TPSA) is 22.1 Å². The lowest BCUT2D eigenvalue weighted by molar-refractivity contribution is -0.274. The van der Waals surface area contributed by atoms with Crippen molar-refractivity contribution in [3.63, 3.8) is 0 Å². The molecule has 90 valence electrons. The van der Waals surface area contributed by atoms with Crippen molar-refractivity contribution < 1.29 is 17.9 Å². The summed E-state index contributed by atoms with van der Waals surface area (Å²) in [6, 6.07) is 3.81. The molecule has 0 atom stereocenters. The fourth-order valence-corrected chi connectivity index (χ4v) is 1.92. The van der Waals surface area contributed by atoms with Gasteiger partial charge in [-0.3, -0.25) is 4.98 Å². The van der Waals surface area contributed by atoms with E-state index in [9.17, 15) is 13.2 Å². The fourth-order valence-electron chi connectivity index (χ4n) is 1.37.